The number of aliphatic carboxylic acids is 1. The molecule has 0 radical (unpaired) electrons. The highest BCUT2D eigenvalue weighted by Crippen LogP contribution is 2.54. The lowest BCUT2D eigenvalue weighted by Crippen LogP contribution is -2.65. The van der Waals surface area contributed by atoms with Gasteiger partial charge in [-0.05, 0) is 149 Å². The number of para-hydroxylation sites is 2. The predicted molar refractivity (Wildman–Crippen MR) is 514 cm³/mol. The standard InChI is InChI=1S/C100H106Cl2N9O36P/c1-43(2)14-8-4-5-13-19-72(119)106-80-86(124)84(122)71(42-136-148(135,146-53-15-9-6-10-16-53)147-54-17-11-7-12-18-54)143-99(80)145-90-67-35-50-36-68(90)139-64-27-23-48(33-59(64)102)89(144-98-79(104-44(3)114)85(123)82(120)69(40-112)141-98)81-96(132)110-78(97(133)134)57-38-52(116)39-66(140-100-88(126)87(125)83(121)70(41-113)142-100)73(57)56-32-47(22-24-61(56)117)75(93(129)111-81)108-95(131)77(50)109-94(130)76-49-30-51(115)37-55(31-49)137-65-34-46(21-25-62(65)118)74(103)92(128)105-60(91(127)107-76)29-45-20-26-63(138-67)58(101)28-45/h6-7,9-12,15-18,20-28,30-39,43,60,69-71,74-89,98-100,112-113,115-118,120-126H,4-5,8,13-14,19,29,40-42,103H2,1-3H3,(H,104,114)(H,105,128)(H,106,119)(H,107,127)(H,108,131)(H,109,130)(H,110,132)(H,111,129)(H,133,134)/t60-,69-,70-,71-,74-,75-,76+,77-,78+,79-,80-,81+,82-,83-,84-,85-,86-,87+,88+,89-,98+,99+,100+/m1/s1. The zero-order valence-corrected chi connectivity index (χ0v) is 81.1. The van der Waals surface area contributed by atoms with Crippen molar-refractivity contribution in [1.29, 1.82) is 0 Å². The van der Waals surface area contributed by atoms with E-state index in [0.717, 1.165) is 105 Å². The first kappa shape index (κ1) is 107. The molecule has 9 aromatic carbocycles. The molecular formula is C100H106Cl2N9O36P. The van der Waals surface area contributed by atoms with Gasteiger partial charge in [-0.3, -0.25) is 42.9 Å². The summed E-state index contributed by atoms with van der Waals surface area (Å²) < 4.78 is 91.8. The topological polar surface area (TPSA) is 687 Å². The van der Waals surface area contributed by atoms with Crippen molar-refractivity contribution < 1.29 is 175 Å². The van der Waals surface area contributed by atoms with Crippen LogP contribution in [0.5, 0.6) is 80.5 Å². The van der Waals surface area contributed by atoms with E-state index in [0.29, 0.717) is 18.8 Å². The molecule has 23 atom stereocenters. The number of carboxylic acids is 1. The summed E-state index contributed by atoms with van der Waals surface area (Å²) in [6.45, 7) is 1.89. The summed E-state index contributed by atoms with van der Waals surface area (Å²) in [6.07, 6.45) is -27.3. The maximum absolute atomic E-state index is 17.3. The number of unbranched alkanes of at least 4 members (excludes halogenated alkanes) is 3. The van der Waals surface area contributed by atoms with Crippen LogP contribution in [-0.4, -0.2) is 249 Å². The Morgan fingerprint density at radius 2 is 1.05 bits per heavy atom. The van der Waals surface area contributed by atoms with E-state index in [1.165, 1.54) is 54.6 Å². The number of carbonyl (C=O) groups is 9. The molecule has 9 aliphatic heterocycles. The maximum atomic E-state index is 17.3. The number of aliphatic hydroxyl groups excluding tert-OH is 9. The number of nitrogens with one attached hydrogen (secondary N) is 8. The van der Waals surface area contributed by atoms with Crippen LogP contribution in [0.4, 0.5) is 0 Å². The third kappa shape index (κ3) is 24.1. The summed E-state index contributed by atoms with van der Waals surface area (Å²) in [5.41, 5.74) is 2.61. The van der Waals surface area contributed by atoms with Crippen LogP contribution in [0.3, 0.4) is 0 Å². The van der Waals surface area contributed by atoms with E-state index >= 15 is 28.5 Å². The number of rotatable bonds is 25. The number of ether oxygens (including phenoxy) is 9. The summed E-state index contributed by atoms with van der Waals surface area (Å²) in [4.78, 5) is 140. The number of halogens is 2. The fourth-order valence-electron chi connectivity index (χ4n) is 17.9. The Morgan fingerprint density at radius 3 is 1.68 bits per heavy atom. The summed E-state index contributed by atoms with van der Waals surface area (Å²) in [6, 6.07) is 15.2. The molecule has 24 N–H and O–H groups in total. The van der Waals surface area contributed by atoms with Gasteiger partial charge in [0.05, 0.1) is 29.9 Å². The minimum atomic E-state index is -4.99. The van der Waals surface area contributed by atoms with E-state index < -0.39 is 323 Å². The van der Waals surface area contributed by atoms with Crippen molar-refractivity contribution >= 4 is 84.3 Å². The van der Waals surface area contributed by atoms with Crippen LogP contribution in [0.15, 0.2) is 176 Å². The number of phosphoric ester groups is 1. The largest absolute Gasteiger partial charge is 0.587 e. The molecule has 786 valence electrons. The van der Waals surface area contributed by atoms with Crippen molar-refractivity contribution in [2.24, 2.45) is 11.7 Å². The zero-order valence-electron chi connectivity index (χ0n) is 78.7. The molecule has 9 aliphatic rings. The van der Waals surface area contributed by atoms with Gasteiger partial charge in [0.1, 0.15) is 167 Å². The summed E-state index contributed by atoms with van der Waals surface area (Å²) in [5, 5.41) is 182. The molecule has 0 aromatic heterocycles. The maximum Gasteiger partial charge on any atom is 0.587 e. The van der Waals surface area contributed by atoms with Gasteiger partial charge in [-0.25, -0.2) is 9.36 Å². The Balaban J connectivity index is 0.947. The molecule has 9 heterocycles. The number of phenols is 4. The number of carbonyl (C=O) groups excluding carboxylic acids is 8. The van der Waals surface area contributed by atoms with Crippen LogP contribution in [0.25, 0.3) is 11.1 Å². The van der Waals surface area contributed by atoms with Crippen LogP contribution in [0, 0.1) is 5.92 Å². The average Bonchev–Trinajstić information content (AvgIpc) is 0.754. The smallest absolute Gasteiger partial charge is 0.508 e. The van der Waals surface area contributed by atoms with Gasteiger partial charge in [-0.15, -0.1) is 0 Å². The number of fused-ring (bicyclic) bond motifs is 14. The number of hydrogen-bond acceptors (Lipinski definition) is 36. The van der Waals surface area contributed by atoms with Crippen molar-refractivity contribution in [2.75, 3.05) is 19.8 Å². The first-order valence-corrected chi connectivity index (χ1v) is 49.1. The molecule has 3 fully saturated rings. The summed E-state index contributed by atoms with van der Waals surface area (Å²) in [5.74, 6) is -19.9. The lowest BCUT2D eigenvalue weighted by atomic mass is 9.89. The van der Waals surface area contributed by atoms with Crippen LogP contribution in [0.1, 0.15) is 135 Å². The number of aliphatic hydroxyl groups is 9. The second kappa shape index (κ2) is 45.9. The molecule has 45 nitrogen and oxygen atoms in total. The molecule has 9 aromatic rings. The van der Waals surface area contributed by atoms with Gasteiger partial charge in [0.15, 0.2) is 35.3 Å². The molecule has 0 saturated carbocycles. The second-order valence-corrected chi connectivity index (χ2v) is 38.9. The SMILES string of the molecule is CC(=O)N[C@H]1[C@H](O[C@@H]2c3ccc(c(Cl)c3)Oc3cc4cc(c3O[C@@H]3O[C@H](COP(=O)(Oc5ccccc5)Oc5ccccc5)[C@@H](O)[C@H](O)[C@H]3NC(=O)CCCCCCC(C)C)Oc3ccc(cc3Cl)C[C@H]3NC(=O)[C@H](N)c5ccc(O)c(c5)Oc5cc(O)cc(c5)[C@H](NC3=O)C(=O)N[C@H]4C(=O)N[C@H]3C(=O)N[C@@H]2C(=O)N[C@H](C(=O)O)c2cc(O)cc(O[C@H]4O[C@H](CO)[C@@H](O)[C@H](O)[C@@H]4O)c2-c2cc3ccc2O)O[C@H](CO)[C@@H](O)[C@@H]1O. The second-order valence-electron chi connectivity index (χ2n) is 36.6. The van der Waals surface area contributed by atoms with Gasteiger partial charge in [-0.2, -0.15) is 0 Å². The molecule has 17 bridgehead atoms. The Hall–Kier alpha value is -13.8. The number of benzene rings is 9. The van der Waals surface area contributed by atoms with Crippen LogP contribution < -0.4 is 81.0 Å². The number of aromatic hydroxyl groups is 4. The monoisotopic (exact) mass is 2110 g/mol. The Morgan fingerprint density at radius 1 is 0.500 bits per heavy atom. The van der Waals surface area contributed by atoms with E-state index in [1.54, 1.807) is 36.4 Å². The van der Waals surface area contributed by atoms with Gasteiger partial charge < -0.3 is 171 Å². The van der Waals surface area contributed by atoms with Crippen molar-refractivity contribution in [3.05, 3.63) is 225 Å². The Labute approximate surface area is 851 Å². The third-order valence-corrected chi connectivity index (χ3v) is 27.4. The highest BCUT2D eigenvalue weighted by atomic mass is 35.5. The lowest BCUT2D eigenvalue weighted by molar-refractivity contribution is -0.284. The predicted octanol–water partition coefficient (Wildman–Crippen LogP) is 5.31. The van der Waals surface area contributed by atoms with E-state index in [9.17, 15) is 90.7 Å². The van der Waals surface area contributed by atoms with Crippen molar-refractivity contribution in [3.8, 4) is 91.6 Å². The van der Waals surface area contributed by atoms with Gasteiger partial charge in [0.2, 0.25) is 65.6 Å². The highest BCUT2D eigenvalue weighted by Gasteiger charge is 2.53. The lowest BCUT2D eigenvalue weighted by Gasteiger charge is -2.44. The van der Waals surface area contributed by atoms with Crippen LogP contribution in [0.2, 0.25) is 10.0 Å². The molecule has 48 heteroatoms. The van der Waals surface area contributed by atoms with Gasteiger partial charge in [0, 0.05) is 48.6 Å². The fraction of sp³-hybridized carbons (Fsp3) is 0.370. The molecule has 0 spiro atoms. The number of carboxylic acid groups (broad SMARTS) is 1. The normalized spacial score (nSPS) is 27.1. The summed E-state index contributed by atoms with van der Waals surface area (Å²) in [7, 11) is -4.99. The van der Waals surface area contributed by atoms with Gasteiger partial charge in [0.25, 0.3) is 0 Å². The van der Waals surface area contributed by atoms with Gasteiger partial charge in [-0.1, -0.05) is 123 Å². The zero-order chi connectivity index (χ0) is 106. The van der Waals surface area contributed by atoms with E-state index in [2.05, 4.69) is 56.4 Å². The van der Waals surface area contributed by atoms with Crippen molar-refractivity contribution in [1.82, 2.24) is 42.5 Å². The fourth-order valence-corrected chi connectivity index (χ4v) is 19.6. The minimum Gasteiger partial charge on any atom is -0.508 e. The molecular weight excluding hydrogens is 2010 g/mol. The van der Waals surface area contributed by atoms with E-state index in [-0.39, 0.29) is 57.7 Å². The number of hydrogen-bond donors (Lipinski definition) is 23. The molecule has 18 rings (SSSR count). The average molecular weight is 2110 g/mol. The first-order valence-electron chi connectivity index (χ1n) is 46.9. The number of phenolic OH excluding ortho intramolecular Hbond substituents is 4. The van der Waals surface area contributed by atoms with Crippen LogP contribution in [-0.2, 0) is 77.6 Å². The van der Waals surface area contributed by atoms with Gasteiger partial charge >= 0.3 is 13.8 Å². The quantitative estimate of drug-likeness (QED) is 0.0254. The van der Waals surface area contributed by atoms with Crippen molar-refractivity contribution in [3.63, 3.8) is 0 Å². The molecule has 148 heavy (non-hydrogen) atoms. The number of phosphoric acid groups is 1. The Kier molecular flexibility index (Phi) is 33.2. The van der Waals surface area contributed by atoms with Crippen molar-refractivity contribution in [2.45, 2.75) is 206 Å². The number of amides is 8. The molecule has 3 saturated heterocycles. The van der Waals surface area contributed by atoms with Crippen LogP contribution >= 0.6 is 31.0 Å². The summed E-state index contributed by atoms with van der Waals surface area (Å²) >= 11 is 15.0. The Bertz CT molecular complexity index is 6480. The number of nitrogens with two attached hydrogens (primary N) is 1. The molecule has 0 unspecified atom stereocenters. The van der Waals surface area contributed by atoms with E-state index in [1.807, 2.05) is 0 Å². The molecule has 8 amide bonds. The highest BCUT2D eigenvalue weighted by molar-refractivity contribution is 7.49. The minimum absolute atomic E-state index is 0.00950. The first-order chi connectivity index (χ1) is 70.7. The van der Waals surface area contributed by atoms with E-state index in [4.69, 9.17) is 85.1 Å². The third-order valence-electron chi connectivity index (χ3n) is 25.5. The molecule has 0 aliphatic carbocycles.